The highest BCUT2D eigenvalue weighted by molar-refractivity contribution is 4.71. The van der Waals surface area contributed by atoms with Crippen LogP contribution >= 0.6 is 0 Å². The molecule has 4 rings (SSSR count). The fourth-order valence-electron chi connectivity index (χ4n) is 6.44. The lowest BCUT2D eigenvalue weighted by Crippen LogP contribution is -3.16. The molecule has 0 aromatic heterocycles. The van der Waals surface area contributed by atoms with Crippen molar-refractivity contribution >= 4 is 0 Å². The van der Waals surface area contributed by atoms with Gasteiger partial charge < -0.3 is 57.8 Å². The second kappa shape index (κ2) is 15.2. The lowest BCUT2D eigenvalue weighted by atomic mass is 9.85. The summed E-state index contributed by atoms with van der Waals surface area (Å²) in [5.41, 5.74) is 0. The summed E-state index contributed by atoms with van der Waals surface area (Å²) in [6.45, 7) is 10.8. The van der Waals surface area contributed by atoms with Crippen LogP contribution in [0.3, 0.4) is 0 Å². The van der Waals surface area contributed by atoms with Gasteiger partial charge >= 0.3 is 0 Å². The highest BCUT2D eigenvalue weighted by Gasteiger charge is 2.29. The number of likely N-dealkylation sites (tertiary alicyclic amines) is 2. The maximum Gasteiger partial charge on any atom is 0.0877 e. The zero-order chi connectivity index (χ0) is 18.2. The third-order valence-electron chi connectivity index (χ3n) is 8.02. The van der Waals surface area contributed by atoms with Gasteiger partial charge in [0.05, 0.1) is 38.3 Å². The summed E-state index contributed by atoms with van der Waals surface area (Å²) >= 11 is 0. The van der Waals surface area contributed by atoms with E-state index in [1.165, 1.54) is 116 Å². The molecule has 28 heavy (non-hydrogen) atoms. The topological polar surface area (TPSA) is 8.88 Å². The van der Waals surface area contributed by atoms with E-state index >= 15 is 0 Å². The third kappa shape index (κ3) is 9.25. The molecule has 0 bridgehead atoms. The van der Waals surface area contributed by atoms with Crippen LogP contribution in [0.2, 0.25) is 0 Å². The van der Waals surface area contributed by atoms with Crippen LogP contribution in [0.15, 0.2) is 0 Å². The highest BCUT2D eigenvalue weighted by Crippen LogP contribution is 2.23. The molecule has 0 aromatic carbocycles. The van der Waals surface area contributed by atoms with E-state index < -0.39 is 0 Å². The van der Waals surface area contributed by atoms with Crippen LogP contribution in [-0.2, 0) is 0 Å². The Kier molecular flexibility index (Phi) is 14.9. The summed E-state index contributed by atoms with van der Waals surface area (Å²) in [6.07, 6.45) is 20.9. The maximum absolute atomic E-state index is 2.44. The number of hydrogen-bond donors (Lipinski definition) is 2. The Morgan fingerprint density at radius 1 is 0.464 bits per heavy atom. The van der Waals surface area contributed by atoms with Crippen LogP contribution in [0.25, 0.3) is 0 Å². The molecule has 2 aliphatic heterocycles. The average Bonchev–Trinajstić information content (AvgIpc) is 2.70. The zero-order valence-corrected chi connectivity index (χ0v) is 23.1. The first kappa shape index (κ1) is 27.4. The van der Waals surface area contributed by atoms with Crippen LogP contribution in [0.1, 0.15) is 104 Å². The average molecular weight is 618 g/mol. The number of rotatable bonds is 2. The molecule has 0 spiro atoms. The molecule has 4 unspecified atom stereocenters. The summed E-state index contributed by atoms with van der Waals surface area (Å²) in [5, 5.41) is 0. The Morgan fingerprint density at radius 3 is 1.14 bits per heavy atom. The lowest BCUT2D eigenvalue weighted by Gasteiger charge is -2.35. The molecule has 2 aliphatic carbocycles. The van der Waals surface area contributed by atoms with Crippen molar-refractivity contribution < 1.29 is 57.8 Å². The smallest absolute Gasteiger partial charge is 0.0877 e. The predicted molar refractivity (Wildman–Crippen MR) is 112 cm³/mol. The number of quaternary nitrogens is 2. The molecular formula is C24H48I2N2. The maximum atomic E-state index is 2.44. The van der Waals surface area contributed by atoms with E-state index in [1.54, 1.807) is 0 Å². The van der Waals surface area contributed by atoms with Crippen molar-refractivity contribution in [2.75, 3.05) is 26.2 Å². The molecule has 2 saturated heterocycles. The molecule has 0 amide bonds. The summed E-state index contributed by atoms with van der Waals surface area (Å²) in [7, 11) is 0. The van der Waals surface area contributed by atoms with Crippen LogP contribution in [0, 0.1) is 11.8 Å². The molecule has 2 saturated carbocycles. The minimum absolute atomic E-state index is 0. The van der Waals surface area contributed by atoms with Crippen molar-refractivity contribution in [1.29, 1.82) is 0 Å². The van der Waals surface area contributed by atoms with Crippen molar-refractivity contribution in [3.63, 3.8) is 0 Å². The molecular weight excluding hydrogens is 570 g/mol. The van der Waals surface area contributed by atoms with Gasteiger partial charge in [-0.25, -0.2) is 0 Å². The third-order valence-corrected chi connectivity index (χ3v) is 8.02. The first-order valence-electron chi connectivity index (χ1n) is 12.4. The number of nitrogens with one attached hydrogen (secondary N) is 2. The van der Waals surface area contributed by atoms with Gasteiger partial charge in [0.25, 0.3) is 0 Å². The van der Waals surface area contributed by atoms with Gasteiger partial charge in [0.2, 0.25) is 0 Å². The molecule has 2 N–H and O–H groups in total. The van der Waals surface area contributed by atoms with Crippen molar-refractivity contribution in [3.8, 4) is 0 Å². The monoisotopic (exact) mass is 618 g/mol. The van der Waals surface area contributed by atoms with Gasteiger partial charge in [0.1, 0.15) is 0 Å². The first-order valence-corrected chi connectivity index (χ1v) is 12.4. The normalized spacial score (nSPS) is 34.9. The fourth-order valence-corrected chi connectivity index (χ4v) is 6.44. The Labute approximate surface area is 210 Å². The molecule has 4 atom stereocenters. The van der Waals surface area contributed by atoms with Crippen molar-refractivity contribution in [1.82, 2.24) is 0 Å². The van der Waals surface area contributed by atoms with Gasteiger partial charge in [-0.15, -0.1) is 0 Å². The van der Waals surface area contributed by atoms with Gasteiger partial charge in [0.15, 0.2) is 0 Å². The van der Waals surface area contributed by atoms with Crippen LogP contribution in [0.4, 0.5) is 0 Å². The molecule has 4 fully saturated rings. The van der Waals surface area contributed by atoms with E-state index in [4.69, 9.17) is 0 Å². The number of hydrogen-bond acceptors (Lipinski definition) is 0. The van der Waals surface area contributed by atoms with E-state index in [-0.39, 0.29) is 48.0 Å². The lowest BCUT2D eigenvalue weighted by molar-refractivity contribution is -0.931. The summed E-state index contributed by atoms with van der Waals surface area (Å²) in [5.74, 6) is 2.02. The summed E-state index contributed by atoms with van der Waals surface area (Å²) in [6, 6.07) is 2.06. The number of halogens is 2. The van der Waals surface area contributed by atoms with E-state index in [2.05, 4.69) is 13.8 Å². The second-order valence-electron chi connectivity index (χ2n) is 10.4. The SMILES string of the molecule is CC1CCCC([NH+]2CCCCC2)C1.CC1CCCC([NH+]2CCCCC2)C1.[I-].[I-]. The first-order chi connectivity index (χ1) is 12.7. The quantitative estimate of drug-likeness (QED) is 0.312. The Morgan fingerprint density at radius 2 is 0.821 bits per heavy atom. The minimum atomic E-state index is 0. The van der Waals surface area contributed by atoms with Crippen LogP contribution in [0.5, 0.6) is 0 Å². The van der Waals surface area contributed by atoms with Gasteiger partial charge in [0, 0.05) is 12.8 Å². The molecule has 168 valence electrons. The summed E-state index contributed by atoms with van der Waals surface area (Å²) in [4.78, 5) is 3.88. The molecule has 2 heterocycles. The van der Waals surface area contributed by atoms with Gasteiger partial charge in [-0.2, -0.15) is 0 Å². The van der Waals surface area contributed by atoms with E-state index in [1.807, 2.05) is 9.80 Å². The van der Waals surface area contributed by atoms with Gasteiger partial charge in [-0.1, -0.05) is 26.7 Å². The van der Waals surface area contributed by atoms with Crippen molar-refractivity contribution in [2.45, 2.75) is 116 Å². The predicted octanol–water partition coefficient (Wildman–Crippen LogP) is -2.72. The second-order valence-corrected chi connectivity index (χ2v) is 10.4. The van der Waals surface area contributed by atoms with E-state index in [9.17, 15) is 0 Å². The van der Waals surface area contributed by atoms with Crippen molar-refractivity contribution in [2.24, 2.45) is 11.8 Å². The largest absolute Gasteiger partial charge is 1.00 e. The molecule has 0 radical (unpaired) electrons. The standard InChI is InChI=1S/2C12H23N.2HI/c2*1-11-6-5-7-12(10-11)13-8-3-2-4-9-13;;/h2*11-12H,2-10H2,1H3;2*1H. The Hall–Kier alpha value is 1.38. The zero-order valence-electron chi connectivity index (χ0n) is 18.8. The van der Waals surface area contributed by atoms with Crippen LogP contribution in [-0.4, -0.2) is 38.3 Å². The van der Waals surface area contributed by atoms with Crippen molar-refractivity contribution in [3.05, 3.63) is 0 Å². The Bertz CT molecular complexity index is 345. The fraction of sp³-hybridized carbons (Fsp3) is 1.00. The minimum Gasteiger partial charge on any atom is -1.00 e. The molecule has 4 aliphatic rings. The number of piperidine rings is 2. The van der Waals surface area contributed by atoms with E-state index in [0.29, 0.717) is 0 Å². The molecule has 0 aromatic rings. The van der Waals surface area contributed by atoms with Gasteiger partial charge in [-0.05, 0) is 76.0 Å². The van der Waals surface area contributed by atoms with Crippen LogP contribution < -0.4 is 57.8 Å². The van der Waals surface area contributed by atoms with E-state index in [0.717, 1.165) is 23.9 Å². The highest BCUT2D eigenvalue weighted by atomic mass is 127. The summed E-state index contributed by atoms with van der Waals surface area (Å²) < 4.78 is 0. The molecule has 4 heteroatoms. The Balaban J connectivity index is 0.000000261. The molecule has 2 nitrogen and oxygen atoms in total. The van der Waals surface area contributed by atoms with Gasteiger partial charge in [-0.3, -0.25) is 0 Å².